The second-order valence-electron chi connectivity index (χ2n) is 13.4. The second-order valence-corrected chi connectivity index (χ2v) is 13.4. The van der Waals surface area contributed by atoms with Gasteiger partial charge in [-0.1, -0.05) is 105 Å². The lowest BCUT2D eigenvalue weighted by Gasteiger charge is -2.37. The predicted octanol–water partition coefficient (Wildman–Crippen LogP) is 4.24. The maximum atomic E-state index is 14.0. The van der Waals surface area contributed by atoms with Crippen LogP contribution in [0.1, 0.15) is 93.6 Å². The van der Waals surface area contributed by atoms with Crippen molar-refractivity contribution in [2.24, 2.45) is 29.1 Å². The molecule has 9 heteroatoms. The first-order chi connectivity index (χ1) is 20.2. The summed E-state index contributed by atoms with van der Waals surface area (Å²) in [5.74, 6) is -2.39. The number of nitrogens with zero attached hydrogens (tertiary/aromatic N) is 1. The van der Waals surface area contributed by atoms with E-state index in [2.05, 4.69) is 16.0 Å². The van der Waals surface area contributed by atoms with Crippen molar-refractivity contribution in [3.63, 3.8) is 0 Å². The van der Waals surface area contributed by atoms with Crippen molar-refractivity contribution in [1.29, 1.82) is 0 Å². The Morgan fingerprint density at radius 2 is 1.51 bits per heavy atom. The summed E-state index contributed by atoms with van der Waals surface area (Å²) in [5, 5.41) is 8.47. The van der Waals surface area contributed by atoms with Crippen LogP contribution in [-0.4, -0.2) is 59.0 Å². The molecule has 1 heterocycles. The van der Waals surface area contributed by atoms with E-state index in [9.17, 15) is 24.0 Å². The first-order valence-electron chi connectivity index (χ1n) is 16.0. The number of amides is 4. The standard InChI is InChI=1S/C32H48N4O5.C2H6/c1-19(2)23-15-16-36(31(41)27(32(5,6)7)35-28(38)20(3)4)25(23)29(39)34-24(17-21-13-14-21)26(37)30(40)33-18-22-11-9-8-10-12-22;1-2/h8-12,19-21,23-25,27H,13-18H2,1-7H3,(H,33,40)(H,34,39)(H,35,38);1-2H3/t23-,24?,25?,27-;/m1./s1. The summed E-state index contributed by atoms with van der Waals surface area (Å²) in [6.07, 6.45) is 2.94. The average molecular weight is 599 g/mol. The van der Waals surface area contributed by atoms with Gasteiger partial charge in [0.1, 0.15) is 12.1 Å². The molecule has 2 aliphatic rings. The van der Waals surface area contributed by atoms with Crippen LogP contribution in [-0.2, 0) is 30.5 Å². The molecule has 1 saturated carbocycles. The Morgan fingerprint density at radius 1 is 0.907 bits per heavy atom. The van der Waals surface area contributed by atoms with Gasteiger partial charge in [-0.3, -0.25) is 24.0 Å². The molecule has 4 atom stereocenters. The largest absolute Gasteiger partial charge is 0.345 e. The zero-order valence-corrected chi connectivity index (χ0v) is 27.7. The van der Waals surface area contributed by atoms with Crippen LogP contribution < -0.4 is 16.0 Å². The van der Waals surface area contributed by atoms with Gasteiger partial charge in [0.25, 0.3) is 5.91 Å². The number of nitrogens with one attached hydrogen (secondary N) is 3. The Bertz CT molecular complexity index is 1110. The van der Waals surface area contributed by atoms with Gasteiger partial charge in [0.2, 0.25) is 23.5 Å². The highest BCUT2D eigenvalue weighted by Crippen LogP contribution is 2.35. The first kappa shape index (κ1) is 36.0. The van der Waals surface area contributed by atoms with E-state index in [0.717, 1.165) is 18.4 Å². The van der Waals surface area contributed by atoms with Gasteiger partial charge in [-0.05, 0) is 41.6 Å². The quantitative estimate of drug-likeness (QED) is 0.311. The maximum Gasteiger partial charge on any atom is 0.289 e. The molecule has 0 aromatic heterocycles. The van der Waals surface area contributed by atoms with Crippen LogP contribution in [0.3, 0.4) is 0 Å². The summed E-state index contributed by atoms with van der Waals surface area (Å²) in [5.41, 5.74) is 0.286. The summed E-state index contributed by atoms with van der Waals surface area (Å²) in [6, 6.07) is 6.74. The number of ketones is 1. The Morgan fingerprint density at radius 3 is 2.02 bits per heavy atom. The fourth-order valence-electron chi connectivity index (χ4n) is 5.42. The minimum atomic E-state index is -0.963. The number of rotatable bonds is 12. The number of benzene rings is 1. The number of carbonyl (C=O) groups is 5. The monoisotopic (exact) mass is 598 g/mol. The zero-order valence-electron chi connectivity index (χ0n) is 27.7. The van der Waals surface area contributed by atoms with E-state index >= 15 is 0 Å². The summed E-state index contributed by atoms with van der Waals surface area (Å²) < 4.78 is 0. The van der Waals surface area contributed by atoms with Crippen LogP contribution in [0.25, 0.3) is 0 Å². The Hall–Kier alpha value is -3.23. The molecule has 9 nitrogen and oxygen atoms in total. The molecule has 2 unspecified atom stereocenters. The average Bonchev–Trinajstić information content (AvgIpc) is 3.67. The third-order valence-electron chi connectivity index (χ3n) is 8.20. The molecule has 3 rings (SSSR count). The molecular weight excluding hydrogens is 544 g/mol. The van der Waals surface area contributed by atoms with Crippen LogP contribution in [0, 0.1) is 29.1 Å². The molecule has 1 aromatic rings. The number of hydrogen-bond donors (Lipinski definition) is 3. The topological polar surface area (TPSA) is 125 Å². The van der Waals surface area contributed by atoms with E-state index in [4.69, 9.17) is 0 Å². The molecule has 1 saturated heterocycles. The highest BCUT2D eigenvalue weighted by Gasteiger charge is 2.48. The SMILES string of the molecule is CC.CC(C)C(=O)N[C@H](C(=O)N1CC[C@H](C(C)C)C1C(=O)NC(CC1CC1)C(=O)C(=O)NCc1ccccc1)C(C)(C)C. The summed E-state index contributed by atoms with van der Waals surface area (Å²) in [7, 11) is 0. The van der Waals surface area contributed by atoms with Gasteiger partial charge >= 0.3 is 0 Å². The van der Waals surface area contributed by atoms with Crippen molar-refractivity contribution in [3.8, 4) is 0 Å². The molecule has 0 bridgehead atoms. The van der Waals surface area contributed by atoms with Gasteiger partial charge in [0.15, 0.2) is 0 Å². The normalized spacial score (nSPS) is 19.7. The predicted molar refractivity (Wildman–Crippen MR) is 169 cm³/mol. The van der Waals surface area contributed by atoms with Gasteiger partial charge < -0.3 is 20.9 Å². The van der Waals surface area contributed by atoms with Crippen molar-refractivity contribution >= 4 is 29.4 Å². The molecular formula is C34H54N4O5. The molecule has 0 radical (unpaired) electrons. The van der Waals surface area contributed by atoms with Gasteiger partial charge in [-0.25, -0.2) is 0 Å². The molecule has 0 spiro atoms. The summed E-state index contributed by atoms with van der Waals surface area (Å²) in [4.78, 5) is 68.2. The molecule has 3 N–H and O–H groups in total. The maximum absolute atomic E-state index is 14.0. The van der Waals surface area contributed by atoms with Gasteiger partial charge in [0.05, 0.1) is 6.04 Å². The third-order valence-corrected chi connectivity index (χ3v) is 8.20. The fourth-order valence-corrected chi connectivity index (χ4v) is 5.42. The minimum absolute atomic E-state index is 0.105. The Kier molecular flexibility index (Phi) is 13.4. The molecule has 43 heavy (non-hydrogen) atoms. The first-order valence-corrected chi connectivity index (χ1v) is 16.0. The lowest BCUT2D eigenvalue weighted by atomic mass is 9.84. The molecule has 4 amide bonds. The van der Waals surface area contributed by atoms with Gasteiger partial charge in [-0.2, -0.15) is 0 Å². The molecule has 1 aromatic carbocycles. The summed E-state index contributed by atoms with van der Waals surface area (Å²) in [6.45, 7) is 17.8. The lowest BCUT2D eigenvalue weighted by molar-refractivity contribution is -0.146. The molecule has 1 aliphatic carbocycles. The summed E-state index contributed by atoms with van der Waals surface area (Å²) >= 11 is 0. The molecule has 240 valence electrons. The highest BCUT2D eigenvalue weighted by molar-refractivity contribution is 6.38. The van der Waals surface area contributed by atoms with E-state index in [-0.39, 0.29) is 42.0 Å². The van der Waals surface area contributed by atoms with Crippen LogP contribution >= 0.6 is 0 Å². The van der Waals surface area contributed by atoms with E-state index in [1.54, 1.807) is 18.7 Å². The smallest absolute Gasteiger partial charge is 0.289 e. The fraction of sp³-hybridized carbons (Fsp3) is 0.676. The van der Waals surface area contributed by atoms with Crippen LogP contribution in [0.5, 0.6) is 0 Å². The van der Waals surface area contributed by atoms with Crippen molar-refractivity contribution in [1.82, 2.24) is 20.9 Å². The van der Waals surface area contributed by atoms with Gasteiger partial charge in [0, 0.05) is 19.0 Å². The van der Waals surface area contributed by atoms with E-state index < -0.39 is 41.1 Å². The lowest BCUT2D eigenvalue weighted by Crippen LogP contribution is -2.60. The molecule has 2 fully saturated rings. The third kappa shape index (κ3) is 10.2. The van der Waals surface area contributed by atoms with E-state index in [1.165, 1.54) is 0 Å². The Labute approximate surface area is 258 Å². The number of hydrogen-bond acceptors (Lipinski definition) is 5. The van der Waals surface area contributed by atoms with Crippen molar-refractivity contribution in [3.05, 3.63) is 35.9 Å². The molecule has 1 aliphatic heterocycles. The Balaban J connectivity index is 0.00000316. The number of Topliss-reactive ketones (excluding diaryl/α,β-unsaturated/α-hetero) is 1. The number of carbonyl (C=O) groups excluding carboxylic acids is 5. The zero-order chi connectivity index (χ0) is 32.5. The van der Waals surface area contributed by atoms with Crippen molar-refractivity contribution in [2.75, 3.05) is 6.54 Å². The number of likely N-dealkylation sites (tertiary alicyclic amines) is 1. The van der Waals surface area contributed by atoms with Crippen LogP contribution in [0.15, 0.2) is 30.3 Å². The van der Waals surface area contributed by atoms with Crippen molar-refractivity contribution < 1.29 is 24.0 Å². The van der Waals surface area contributed by atoms with E-state index in [0.29, 0.717) is 19.4 Å². The highest BCUT2D eigenvalue weighted by atomic mass is 16.2. The van der Waals surface area contributed by atoms with Crippen molar-refractivity contribution in [2.45, 2.75) is 113 Å². The van der Waals surface area contributed by atoms with E-state index in [1.807, 2.05) is 78.8 Å². The van der Waals surface area contributed by atoms with Crippen LogP contribution in [0.2, 0.25) is 0 Å². The van der Waals surface area contributed by atoms with Gasteiger partial charge in [-0.15, -0.1) is 0 Å². The minimum Gasteiger partial charge on any atom is -0.345 e. The van der Waals surface area contributed by atoms with Crippen LogP contribution in [0.4, 0.5) is 0 Å². The second kappa shape index (κ2) is 16.0.